The van der Waals surface area contributed by atoms with Crippen LogP contribution in [0.2, 0.25) is 0 Å². The molecule has 13 heavy (non-hydrogen) atoms. The summed E-state index contributed by atoms with van der Waals surface area (Å²) in [7, 11) is 0. The Bertz CT molecular complexity index is 308. The molecule has 0 aromatic heterocycles. The average molecular weight is 172 g/mol. The standard InChI is InChI=1S/C13H16/c1-4-7-11(3)13-9-6-8-12(5-2)10-13/h4-11H,2H2,1,3H3/b7-4+. The predicted molar refractivity (Wildman–Crippen MR) is 59.8 cm³/mol. The van der Waals surface area contributed by atoms with E-state index in [0.717, 1.165) is 0 Å². The predicted octanol–water partition coefficient (Wildman–Crippen LogP) is 4.01. The van der Waals surface area contributed by atoms with Gasteiger partial charge in [0.05, 0.1) is 0 Å². The Morgan fingerprint density at radius 1 is 1.38 bits per heavy atom. The van der Waals surface area contributed by atoms with E-state index in [1.165, 1.54) is 11.1 Å². The summed E-state index contributed by atoms with van der Waals surface area (Å²) < 4.78 is 0. The third-order valence-electron chi connectivity index (χ3n) is 2.15. The summed E-state index contributed by atoms with van der Waals surface area (Å²) in [5.41, 5.74) is 2.53. The van der Waals surface area contributed by atoms with Gasteiger partial charge in [0.15, 0.2) is 0 Å². The molecule has 0 aliphatic heterocycles. The van der Waals surface area contributed by atoms with E-state index in [1.807, 2.05) is 13.0 Å². The highest BCUT2D eigenvalue weighted by Gasteiger charge is 1.99. The van der Waals surface area contributed by atoms with Crippen LogP contribution in [-0.4, -0.2) is 0 Å². The molecular formula is C13H16. The molecule has 1 aromatic carbocycles. The maximum Gasteiger partial charge on any atom is -0.00103 e. The fourth-order valence-corrected chi connectivity index (χ4v) is 1.37. The zero-order valence-corrected chi connectivity index (χ0v) is 8.33. The maximum atomic E-state index is 3.76. The smallest absolute Gasteiger partial charge is 0.00103 e. The van der Waals surface area contributed by atoms with Crippen molar-refractivity contribution in [3.05, 3.63) is 54.1 Å². The van der Waals surface area contributed by atoms with Crippen LogP contribution in [0.1, 0.15) is 30.9 Å². The molecule has 0 spiro atoms. The molecule has 0 radical (unpaired) electrons. The van der Waals surface area contributed by atoms with Gasteiger partial charge in [-0.05, 0) is 24.0 Å². The van der Waals surface area contributed by atoms with E-state index in [-0.39, 0.29) is 0 Å². The van der Waals surface area contributed by atoms with Gasteiger partial charge in [-0.25, -0.2) is 0 Å². The molecule has 1 aromatic rings. The first kappa shape index (κ1) is 9.79. The van der Waals surface area contributed by atoms with Gasteiger partial charge in [-0.3, -0.25) is 0 Å². The number of hydrogen-bond donors (Lipinski definition) is 0. The van der Waals surface area contributed by atoms with E-state index < -0.39 is 0 Å². The molecule has 0 fully saturated rings. The molecule has 1 rings (SSSR count). The van der Waals surface area contributed by atoms with Crippen molar-refractivity contribution in [1.82, 2.24) is 0 Å². The average Bonchev–Trinajstić information content (AvgIpc) is 2.18. The van der Waals surface area contributed by atoms with E-state index >= 15 is 0 Å². The molecule has 68 valence electrons. The van der Waals surface area contributed by atoms with Crippen LogP contribution in [0, 0.1) is 0 Å². The normalized spacial score (nSPS) is 13.1. The lowest BCUT2D eigenvalue weighted by molar-refractivity contribution is 0.964. The number of rotatable bonds is 3. The molecule has 0 N–H and O–H groups in total. The van der Waals surface area contributed by atoms with Crippen LogP contribution in [0.4, 0.5) is 0 Å². The first-order valence-corrected chi connectivity index (χ1v) is 4.63. The van der Waals surface area contributed by atoms with Gasteiger partial charge in [0.1, 0.15) is 0 Å². The van der Waals surface area contributed by atoms with Gasteiger partial charge < -0.3 is 0 Å². The molecular weight excluding hydrogens is 156 g/mol. The summed E-state index contributed by atoms with van der Waals surface area (Å²) >= 11 is 0. The lowest BCUT2D eigenvalue weighted by Crippen LogP contribution is -1.88. The largest absolute Gasteiger partial charge is 0.0985 e. The van der Waals surface area contributed by atoms with Gasteiger partial charge in [0.2, 0.25) is 0 Å². The van der Waals surface area contributed by atoms with Crippen molar-refractivity contribution in [1.29, 1.82) is 0 Å². The molecule has 0 heterocycles. The van der Waals surface area contributed by atoms with Gasteiger partial charge >= 0.3 is 0 Å². The van der Waals surface area contributed by atoms with Crippen LogP contribution < -0.4 is 0 Å². The van der Waals surface area contributed by atoms with E-state index in [9.17, 15) is 0 Å². The number of allylic oxidation sites excluding steroid dienone is 2. The van der Waals surface area contributed by atoms with E-state index in [1.54, 1.807) is 0 Å². The second kappa shape index (κ2) is 4.66. The van der Waals surface area contributed by atoms with Crippen LogP contribution in [0.5, 0.6) is 0 Å². The molecule has 1 atom stereocenters. The first-order chi connectivity index (χ1) is 6.27. The van der Waals surface area contributed by atoms with Crippen LogP contribution >= 0.6 is 0 Å². The van der Waals surface area contributed by atoms with Gasteiger partial charge in [-0.15, -0.1) is 0 Å². The lowest BCUT2D eigenvalue weighted by atomic mass is 9.99. The van der Waals surface area contributed by atoms with Crippen molar-refractivity contribution in [2.24, 2.45) is 0 Å². The third kappa shape index (κ3) is 2.59. The minimum absolute atomic E-state index is 0.491. The van der Waals surface area contributed by atoms with Crippen LogP contribution in [0.3, 0.4) is 0 Å². The molecule has 0 heteroatoms. The highest BCUT2D eigenvalue weighted by atomic mass is 14.0. The Kier molecular flexibility index (Phi) is 3.51. The molecule has 0 aliphatic carbocycles. The second-order valence-electron chi connectivity index (χ2n) is 3.19. The molecule has 0 bridgehead atoms. The molecule has 0 nitrogen and oxygen atoms in total. The monoisotopic (exact) mass is 172 g/mol. The molecule has 0 aliphatic rings. The lowest BCUT2D eigenvalue weighted by Gasteiger charge is -2.06. The summed E-state index contributed by atoms with van der Waals surface area (Å²) in [4.78, 5) is 0. The van der Waals surface area contributed by atoms with Crippen molar-refractivity contribution in [2.45, 2.75) is 19.8 Å². The highest BCUT2D eigenvalue weighted by Crippen LogP contribution is 2.18. The van der Waals surface area contributed by atoms with Gasteiger partial charge in [-0.2, -0.15) is 0 Å². The maximum absolute atomic E-state index is 3.76. The first-order valence-electron chi connectivity index (χ1n) is 4.63. The quantitative estimate of drug-likeness (QED) is 0.604. The molecule has 0 saturated carbocycles. The van der Waals surface area contributed by atoms with Gasteiger partial charge in [-0.1, -0.05) is 56.0 Å². The summed E-state index contributed by atoms with van der Waals surface area (Å²) in [6, 6.07) is 8.47. The molecule has 1 unspecified atom stereocenters. The Hall–Kier alpha value is -1.30. The van der Waals surface area contributed by atoms with E-state index in [2.05, 4.69) is 49.9 Å². The topological polar surface area (TPSA) is 0 Å². The van der Waals surface area contributed by atoms with Crippen LogP contribution in [0.25, 0.3) is 6.08 Å². The highest BCUT2D eigenvalue weighted by molar-refractivity contribution is 5.48. The summed E-state index contributed by atoms with van der Waals surface area (Å²) in [5, 5.41) is 0. The van der Waals surface area contributed by atoms with Crippen LogP contribution in [-0.2, 0) is 0 Å². The SMILES string of the molecule is C=Cc1cccc(C(C)/C=C/C)c1. The van der Waals surface area contributed by atoms with Gasteiger partial charge in [0.25, 0.3) is 0 Å². The van der Waals surface area contributed by atoms with Crippen molar-refractivity contribution in [3.8, 4) is 0 Å². The number of benzene rings is 1. The summed E-state index contributed by atoms with van der Waals surface area (Å²) in [6.45, 7) is 8.01. The fourth-order valence-electron chi connectivity index (χ4n) is 1.37. The zero-order valence-electron chi connectivity index (χ0n) is 8.33. The van der Waals surface area contributed by atoms with Crippen molar-refractivity contribution in [3.63, 3.8) is 0 Å². The molecule has 0 saturated heterocycles. The zero-order chi connectivity index (χ0) is 9.68. The van der Waals surface area contributed by atoms with Gasteiger partial charge in [0, 0.05) is 0 Å². The Balaban J connectivity index is 2.94. The van der Waals surface area contributed by atoms with Crippen molar-refractivity contribution in [2.75, 3.05) is 0 Å². The van der Waals surface area contributed by atoms with Crippen LogP contribution in [0.15, 0.2) is 43.0 Å². The summed E-state index contributed by atoms with van der Waals surface area (Å²) in [6.07, 6.45) is 6.17. The Morgan fingerprint density at radius 3 is 2.77 bits per heavy atom. The molecule has 0 amide bonds. The van der Waals surface area contributed by atoms with E-state index in [4.69, 9.17) is 0 Å². The third-order valence-corrected chi connectivity index (χ3v) is 2.15. The van der Waals surface area contributed by atoms with Crippen molar-refractivity contribution < 1.29 is 0 Å². The number of hydrogen-bond acceptors (Lipinski definition) is 0. The van der Waals surface area contributed by atoms with Crippen molar-refractivity contribution >= 4 is 6.08 Å². The summed E-state index contributed by atoms with van der Waals surface area (Å²) in [5.74, 6) is 0.491. The Labute approximate surface area is 80.6 Å². The second-order valence-corrected chi connectivity index (χ2v) is 3.19. The Morgan fingerprint density at radius 2 is 2.15 bits per heavy atom. The fraction of sp³-hybridized carbons (Fsp3) is 0.231. The minimum Gasteiger partial charge on any atom is -0.0985 e. The van der Waals surface area contributed by atoms with E-state index in [0.29, 0.717) is 5.92 Å². The minimum atomic E-state index is 0.491.